The highest BCUT2D eigenvalue weighted by molar-refractivity contribution is 9.10. The third-order valence-corrected chi connectivity index (χ3v) is 3.43. The van der Waals surface area contributed by atoms with Crippen molar-refractivity contribution in [2.45, 2.75) is 13.0 Å². The molecule has 0 spiro atoms. The predicted octanol–water partition coefficient (Wildman–Crippen LogP) is 3.93. The highest BCUT2D eigenvalue weighted by Gasteiger charge is 2.12. The average molecular weight is 307 g/mol. The molecule has 2 aromatic carbocycles. The van der Waals surface area contributed by atoms with Crippen LogP contribution in [0.5, 0.6) is 5.75 Å². The third-order valence-electron chi connectivity index (χ3n) is 2.71. The van der Waals surface area contributed by atoms with Crippen molar-refractivity contribution in [3.05, 3.63) is 64.1 Å². The molecule has 94 valence electrons. The van der Waals surface area contributed by atoms with Crippen LogP contribution in [0.2, 0.25) is 0 Å². The van der Waals surface area contributed by atoms with Gasteiger partial charge in [-0.05, 0) is 36.2 Å². The largest absolute Gasteiger partial charge is 0.494 e. The van der Waals surface area contributed by atoms with E-state index in [1.807, 2.05) is 55.5 Å². The molecule has 0 bridgehead atoms. The Morgan fingerprint density at radius 2 is 1.78 bits per heavy atom. The van der Waals surface area contributed by atoms with Gasteiger partial charge in [-0.2, -0.15) is 0 Å². The molecule has 0 aromatic heterocycles. The van der Waals surface area contributed by atoms with E-state index in [-0.39, 0.29) is 0 Å². The molecule has 0 saturated carbocycles. The van der Waals surface area contributed by atoms with Crippen LogP contribution >= 0.6 is 15.9 Å². The maximum atomic E-state index is 10.3. The van der Waals surface area contributed by atoms with E-state index in [0.717, 1.165) is 21.3 Å². The fraction of sp³-hybridized carbons (Fsp3) is 0.200. The molecule has 3 heteroatoms. The Kier molecular flexibility index (Phi) is 4.39. The minimum Gasteiger partial charge on any atom is -0.494 e. The number of halogens is 1. The normalized spacial score (nSPS) is 12.2. The second-order valence-electron chi connectivity index (χ2n) is 3.93. The number of hydrogen-bond donors (Lipinski definition) is 1. The summed E-state index contributed by atoms with van der Waals surface area (Å²) < 4.78 is 6.29. The second-order valence-corrected chi connectivity index (χ2v) is 4.78. The molecule has 1 N–H and O–H groups in total. The van der Waals surface area contributed by atoms with Crippen molar-refractivity contribution in [2.24, 2.45) is 0 Å². The number of aliphatic hydroxyl groups is 1. The molecule has 0 saturated heterocycles. The van der Waals surface area contributed by atoms with E-state index in [2.05, 4.69) is 15.9 Å². The van der Waals surface area contributed by atoms with Crippen molar-refractivity contribution in [1.82, 2.24) is 0 Å². The molecule has 0 heterocycles. The predicted molar refractivity (Wildman–Crippen MR) is 75.8 cm³/mol. The van der Waals surface area contributed by atoms with Crippen LogP contribution in [0.1, 0.15) is 24.2 Å². The molecular weight excluding hydrogens is 292 g/mol. The lowest BCUT2D eigenvalue weighted by molar-refractivity contribution is 0.219. The summed E-state index contributed by atoms with van der Waals surface area (Å²) in [5, 5.41) is 10.3. The molecule has 0 aliphatic heterocycles. The van der Waals surface area contributed by atoms with Crippen molar-refractivity contribution >= 4 is 15.9 Å². The minimum absolute atomic E-state index is 0.628. The van der Waals surface area contributed by atoms with E-state index in [4.69, 9.17) is 4.74 Å². The molecule has 2 rings (SSSR count). The van der Waals surface area contributed by atoms with Crippen molar-refractivity contribution in [1.29, 1.82) is 0 Å². The fourth-order valence-electron chi connectivity index (χ4n) is 1.79. The third kappa shape index (κ3) is 2.92. The Morgan fingerprint density at radius 3 is 2.39 bits per heavy atom. The van der Waals surface area contributed by atoms with Gasteiger partial charge in [-0.3, -0.25) is 0 Å². The van der Waals surface area contributed by atoms with Crippen molar-refractivity contribution < 1.29 is 9.84 Å². The molecular formula is C15H15BrO2. The van der Waals surface area contributed by atoms with Crippen LogP contribution in [0.4, 0.5) is 0 Å². The number of ether oxygens (including phenoxy) is 1. The summed E-state index contributed by atoms with van der Waals surface area (Å²) >= 11 is 3.45. The lowest BCUT2D eigenvalue weighted by Gasteiger charge is -2.13. The van der Waals surface area contributed by atoms with Gasteiger partial charge in [-0.15, -0.1) is 0 Å². The Hall–Kier alpha value is -1.32. The van der Waals surface area contributed by atoms with Gasteiger partial charge >= 0.3 is 0 Å². The Bertz CT molecular complexity index is 508. The zero-order valence-electron chi connectivity index (χ0n) is 10.1. The number of aliphatic hydroxyl groups excluding tert-OH is 1. The van der Waals surface area contributed by atoms with Crippen LogP contribution < -0.4 is 4.74 Å². The topological polar surface area (TPSA) is 29.5 Å². The average Bonchev–Trinajstić information content (AvgIpc) is 2.40. The van der Waals surface area contributed by atoms with Crippen LogP contribution in [0, 0.1) is 0 Å². The molecule has 0 aliphatic rings. The highest BCUT2D eigenvalue weighted by Crippen LogP contribution is 2.29. The summed E-state index contributed by atoms with van der Waals surface area (Å²) in [6, 6.07) is 15.2. The summed E-state index contributed by atoms with van der Waals surface area (Å²) in [6.45, 7) is 2.59. The quantitative estimate of drug-likeness (QED) is 0.927. The molecule has 0 fully saturated rings. The van der Waals surface area contributed by atoms with Crippen molar-refractivity contribution in [3.8, 4) is 5.75 Å². The van der Waals surface area contributed by atoms with E-state index in [0.29, 0.717) is 6.61 Å². The second kappa shape index (κ2) is 6.03. The lowest BCUT2D eigenvalue weighted by atomic mass is 10.0. The van der Waals surface area contributed by atoms with Gasteiger partial charge in [0.1, 0.15) is 11.9 Å². The van der Waals surface area contributed by atoms with Crippen LogP contribution in [0.3, 0.4) is 0 Å². The van der Waals surface area contributed by atoms with Gasteiger partial charge in [0.25, 0.3) is 0 Å². The van der Waals surface area contributed by atoms with E-state index < -0.39 is 6.10 Å². The van der Waals surface area contributed by atoms with E-state index in [1.54, 1.807) is 0 Å². The Morgan fingerprint density at radius 1 is 1.11 bits per heavy atom. The molecule has 0 aliphatic carbocycles. The standard InChI is InChI=1S/C15H15BrO2/c1-2-18-12-9-7-11(8-10-12)15(17)13-5-3-4-6-14(13)16/h3-10,15,17H,2H2,1H3/t15-/m0/s1. The van der Waals surface area contributed by atoms with Crippen LogP contribution in [-0.2, 0) is 0 Å². The monoisotopic (exact) mass is 306 g/mol. The van der Waals surface area contributed by atoms with Gasteiger partial charge in [0.2, 0.25) is 0 Å². The summed E-state index contributed by atoms with van der Waals surface area (Å²) in [6.07, 6.45) is -0.628. The first-order valence-electron chi connectivity index (χ1n) is 5.87. The number of benzene rings is 2. The van der Waals surface area contributed by atoms with Gasteiger partial charge in [-0.1, -0.05) is 46.3 Å². The Balaban J connectivity index is 2.23. The van der Waals surface area contributed by atoms with Gasteiger partial charge < -0.3 is 9.84 Å². The smallest absolute Gasteiger partial charge is 0.119 e. The fourth-order valence-corrected chi connectivity index (χ4v) is 2.29. The van der Waals surface area contributed by atoms with Crippen molar-refractivity contribution in [2.75, 3.05) is 6.61 Å². The summed E-state index contributed by atoms with van der Waals surface area (Å²) in [7, 11) is 0. The molecule has 0 unspecified atom stereocenters. The van der Waals surface area contributed by atoms with Crippen molar-refractivity contribution in [3.63, 3.8) is 0 Å². The van der Waals surface area contributed by atoms with Crippen LogP contribution in [0.25, 0.3) is 0 Å². The molecule has 0 radical (unpaired) electrons. The minimum atomic E-state index is -0.628. The number of rotatable bonds is 4. The first-order valence-corrected chi connectivity index (χ1v) is 6.67. The molecule has 18 heavy (non-hydrogen) atoms. The van der Waals surface area contributed by atoms with Gasteiger partial charge in [0.15, 0.2) is 0 Å². The first-order chi connectivity index (χ1) is 8.72. The molecule has 2 nitrogen and oxygen atoms in total. The molecule has 0 amide bonds. The number of hydrogen-bond acceptors (Lipinski definition) is 2. The zero-order chi connectivity index (χ0) is 13.0. The zero-order valence-corrected chi connectivity index (χ0v) is 11.7. The van der Waals surface area contributed by atoms with Crippen LogP contribution in [-0.4, -0.2) is 11.7 Å². The van der Waals surface area contributed by atoms with E-state index in [1.165, 1.54) is 0 Å². The summed E-state index contributed by atoms with van der Waals surface area (Å²) in [5.74, 6) is 0.820. The highest BCUT2D eigenvalue weighted by atomic mass is 79.9. The van der Waals surface area contributed by atoms with E-state index in [9.17, 15) is 5.11 Å². The molecule has 1 atom stereocenters. The lowest BCUT2D eigenvalue weighted by Crippen LogP contribution is -2.00. The van der Waals surface area contributed by atoms with Crippen LogP contribution in [0.15, 0.2) is 53.0 Å². The summed E-state index contributed by atoms with van der Waals surface area (Å²) in [5.41, 5.74) is 1.71. The maximum Gasteiger partial charge on any atom is 0.119 e. The SMILES string of the molecule is CCOc1ccc([C@H](O)c2ccccc2Br)cc1. The first kappa shape index (κ1) is 13.1. The summed E-state index contributed by atoms with van der Waals surface area (Å²) in [4.78, 5) is 0. The van der Waals surface area contributed by atoms with Gasteiger partial charge in [-0.25, -0.2) is 0 Å². The molecule has 2 aromatic rings. The maximum absolute atomic E-state index is 10.3. The van der Waals surface area contributed by atoms with Gasteiger partial charge in [0, 0.05) is 4.47 Å². The van der Waals surface area contributed by atoms with Gasteiger partial charge in [0.05, 0.1) is 6.61 Å². The Labute approximate surface area is 115 Å². The van der Waals surface area contributed by atoms with E-state index >= 15 is 0 Å².